The lowest BCUT2D eigenvalue weighted by atomic mass is 9.96. The lowest BCUT2D eigenvalue weighted by molar-refractivity contribution is 0.0703. The van der Waals surface area contributed by atoms with Crippen LogP contribution in [-0.4, -0.2) is 49.7 Å². The quantitative estimate of drug-likeness (QED) is 0.602. The van der Waals surface area contributed by atoms with Crippen molar-refractivity contribution < 1.29 is 4.79 Å². The SMILES string of the molecule is CSc1nc(C2CC2)cc(C(=O)N2CCCC(c3nnc4ccccn34)C2)c1C#N. The van der Waals surface area contributed by atoms with Crippen LogP contribution >= 0.6 is 11.8 Å². The fourth-order valence-corrected chi connectivity index (χ4v) is 4.79. The van der Waals surface area contributed by atoms with Crippen molar-refractivity contribution in [3.05, 3.63) is 53.1 Å². The van der Waals surface area contributed by atoms with Crippen molar-refractivity contribution in [2.45, 2.75) is 42.5 Å². The van der Waals surface area contributed by atoms with Crippen LogP contribution in [0.15, 0.2) is 35.5 Å². The number of amides is 1. The van der Waals surface area contributed by atoms with Crippen LogP contribution in [0.4, 0.5) is 0 Å². The molecule has 3 aromatic heterocycles. The summed E-state index contributed by atoms with van der Waals surface area (Å²) in [6.45, 7) is 1.27. The van der Waals surface area contributed by atoms with Crippen LogP contribution < -0.4 is 0 Å². The van der Waals surface area contributed by atoms with E-state index in [4.69, 9.17) is 0 Å². The molecule has 1 unspecified atom stereocenters. The fourth-order valence-electron chi connectivity index (χ4n) is 4.23. The second kappa shape index (κ2) is 7.73. The van der Waals surface area contributed by atoms with Gasteiger partial charge in [-0.1, -0.05) is 6.07 Å². The second-order valence-electron chi connectivity index (χ2n) is 7.94. The van der Waals surface area contributed by atoms with Gasteiger partial charge in [0, 0.05) is 36.8 Å². The number of aromatic nitrogens is 4. The third-order valence-electron chi connectivity index (χ3n) is 5.95. The number of fused-ring (bicyclic) bond motifs is 1. The summed E-state index contributed by atoms with van der Waals surface area (Å²) >= 11 is 1.43. The molecular formula is C22H22N6OS. The van der Waals surface area contributed by atoms with Crippen molar-refractivity contribution in [2.75, 3.05) is 19.3 Å². The minimum Gasteiger partial charge on any atom is -0.338 e. The first-order valence-electron chi connectivity index (χ1n) is 10.3. The summed E-state index contributed by atoms with van der Waals surface area (Å²) in [5, 5.41) is 19.1. The maximum atomic E-state index is 13.5. The Morgan fingerprint density at radius 1 is 1.23 bits per heavy atom. The summed E-state index contributed by atoms with van der Waals surface area (Å²) in [6.07, 6.45) is 7.94. The molecule has 1 atom stereocenters. The number of likely N-dealkylation sites (tertiary alicyclic amines) is 1. The summed E-state index contributed by atoms with van der Waals surface area (Å²) in [4.78, 5) is 20.0. The number of carbonyl (C=O) groups excluding carboxylic acids is 1. The molecule has 8 heteroatoms. The van der Waals surface area contributed by atoms with Crippen LogP contribution in [-0.2, 0) is 0 Å². The number of rotatable bonds is 4. The summed E-state index contributed by atoms with van der Waals surface area (Å²) < 4.78 is 2.00. The van der Waals surface area contributed by atoms with Crippen molar-refractivity contribution in [3.8, 4) is 6.07 Å². The van der Waals surface area contributed by atoms with E-state index in [0.717, 1.165) is 42.8 Å². The predicted molar refractivity (Wildman–Crippen MR) is 114 cm³/mol. The molecule has 2 fully saturated rings. The summed E-state index contributed by atoms with van der Waals surface area (Å²) in [5.74, 6) is 1.36. The predicted octanol–water partition coefficient (Wildman–Crippen LogP) is 3.62. The molecule has 5 rings (SSSR count). The third kappa shape index (κ3) is 3.33. The Bertz CT molecular complexity index is 1160. The zero-order valence-corrected chi connectivity index (χ0v) is 17.6. The number of pyridine rings is 2. The van der Waals surface area contributed by atoms with E-state index in [-0.39, 0.29) is 11.8 Å². The van der Waals surface area contributed by atoms with Crippen LogP contribution in [0.2, 0.25) is 0 Å². The Morgan fingerprint density at radius 2 is 2.10 bits per heavy atom. The standard InChI is InChI=1S/C22H22N6OS/c1-30-21-17(12-23)16(11-18(24-21)14-7-8-14)22(29)27-9-4-5-15(13-27)20-26-25-19-6-2-3-10-28(19)20/h2-3,6,10-11,14-15H,4-5,7-9,13H2,1H3. The highest BCUT2D eigenvalue weighted by Crippen LogP contribution is 2.41. The van der Waals surface area contributed by atoms with Gasteiger partial charge in [0.2, 0.25) is 0 Å². The topological polar surface area (TPSA) is 87.2 Å². The van der Waals surface area contributed by atoms with E-state index in [1.807, 2.05) is 46.0 Å². The van der Waals surface area contributed by atoms with Gasteiger partial charge in [0.15, 0.2) is 5.65 Å². The molecule has 0 N–H and O–H groups in total. The summed E-state index contributed by atoms with van der Waals surface area (Å²) in [7, 11) is 0. The van der Waals surface area contributed by atoms with Crippen LogP contribution in [0.25, 0.3) is 5.65 Å². The average Bonchev–Trinajstić information content (AvgIpc) is 3.56. The first-order chi connectivity index (χ1) is 14.7. The molecule has 4 heterocycles. The van der Waals surface area contributed by atoms with Crippen LogP contribution in [0, 0.1) is 11.3 Å². The fraction of sp³-hybridized carbons (Fsp3) is 0.409. The number of hydrogen-bond acceptors (Lipinski definition) is 6. The average molecular weight is 419 g/mol. The Labute approximate surface area is 179 Å². The van der Waals surface area contributed by atoms with Gasteiger partial charge in [-0.3, -0.25) is 9.20 Å². The van der Waals surface area contributed by atoms with Gasteiger partial charge in [-0.05, 0) is 50.1 Å². The van der Waals surface area contributed by atoms with Gasteiger partial charge in [0.05, 0.1) is 11.1 Å². The van der Waals surface area contributed by atoms with E-state index in [1.54, 1.807) is 0 Å². The number of nitrogens with zero attached hydrogens (tertiary/aromatic N) is 6. The molecule has 1 saturated heterocycles. The number of nitriles is 1. The molecule has 1 amide bonds. The molecule has 0 aromatic carbocycles. The first-order valence-corrected chi connectivity index (χ1v) is 11.5. The molecular weight excluding hydrogens is 396 g/mol. The molecule has 7 nitrogen and oxygen atoms in total. The van der Waals surface area contributed by atoms with Gasteiger partial charge in [0.25, 0.3) is 5.91 Å². The molecule has 0 radical (unpaired) electrons. The number of thioether (sulfide) groups is 1. The largest absolute Gasteiger partial charge is 0.338 e. The molecule has 0 bridgehead atoms. The molecule has 2 aliphatic rings. The monoisotopic (exact) mass is 418 g/mol. The van der Waals surface area contributed by atoms with E-state index in [1.165, 1.54) is 11.8 Å². The van der Waals surface area contributed by atoms with E-state index in [9.17, 15) is 10.1 Å². The highest BCUT2D eigenvalue weighted by Gasteiger charge is 2.32. The smallest absolute Gasteiger partial charge is 0.255 e. The molecule has 1 aliphatic carbocycles. The maximum absolute atomic E-state index is 13.5. The first kappa shape index (κ1) is 19.1. The summed E-state index contributed by atoms with van der Waals surface area (Å²) in [5.41, 5.74) is 2.65. The van der Waals surface area contributed by atoms with Gasteiger partial charge in [-0.25, -0.2) is 4.98 Å². The highest BCUT2D eigenvalue weighted by molar-refractivity contribution is 7.98. The van der Waals surface area contributed by atoms with Gasteiger partial charge >= 0.3 is 0 Å². The molecule has 1 saturated carbocycles. The van der Waals surface area contributed by atoms with Crippen LogP contribution in [0.5, 0.6) is 0 Å². The van der Waals surface area contributed by atoms with Crippen molar-refractivity contribution in [1.82, 2.24) is 24.5 Å². The second-order valence-corrected chi connectivity index (χ2v) is 8.74. The van der Waals surface area contributed by atoms with Gasteiger partial charge in [-0.15, -0.1) is 22.0 Å². The zero-order chi connectivity index (χ0) is 20.7. The van der Waals surface area contributed by atoms with Crippen molar-refractivity contribution >= 4 is 23.3 Å². The van der Waals surface area contributed by atoms with Gasteiger partial charge < -0.3 is 4.90 Å². The van der Waals surface area contributed by atoms with E-state index >= 15 is 0 Å². The third-order valence-corrected chi connectivity index (χ3v) is 6.63. The normalized spacial score (nSPS) is 19.1. The van der Waals surface area contributed by atoms with Crippen molar-refractivity contribution in [1.29, 1.82) is 5.26 Å². The van der Waals surface area contributed by atoms with Crippen LogP contribution in [0.3, 0.4) is 0 Å². The Hall–Kier alpha value is -2.92. The lowest BCUT2D eigenvalue weighted by Crippen LogP contribution is -2.40. The Morgan fingerprint density at radius 3 is 2.87 bits per heavy atom. The van der Waals surface area contributed by atoms with Gasteiger partial charge in [0.1, 0.15) is 16.9 Å². The van der Waals surface area contributed by atoms with E-state index in [0.29, 0.717) is 35.2 Å². The Kier molecular flexibility index (Phi) is 4.91. The number of hydrogen-bond donors (Lipinski definition) is 0. The molecule has 152 valence electrons. The van der Waals surface area contributed by atoms with Crippen molar-refractivity contribution in [2.24, 2.45) is 0 Å². The summed E-state index contributed by atoms with van der Waals surface area (Å²) in [6, 6.07) is 9.92. The molecule has 0 spiro atoms. The minimum atomic E-state index is -0.0790. The molecule has 1 aliphatic heterocycles. The van der Waals surface area contributed by atoms with E-state index in [2.05, 4.69) is 21.3 Å². The number of carbonyl (C=O) groups is 1. The zero-order valence-electron chi connectivity index (χ0n) is 16.8. The number of piperidine rings is 1. The highest BCUT2D eigenvalue weighted by atomic mass is 32.2. The molecule has 3 aromatic rings. The van der Waals surface area contributed by atoms with Crippen molar-refractivity contribution in [3.63, 3.8) is 0 Å². The minimum absolute atomic E-state index is 0.0790. The van der Waals surface area contributed by atoms with Gasteiger partial charge in [-0.2, -0.15) is 5.26 Å². The van der Waals surface area contributed by atoms with Crippen LogP contribution in [0.1, 0.15) is 65.0 Å². The Balaban J connectivity index is 1.46. The lowest BCUT2D eigenvalue weighted by Gasteiger charge is -2.32. The molecule has 30 heavy (non-hydrogen) atoms. The maximum Gasteiger partial charge on any atom is 0.255 e. The van der Waals surface area contributed by atoms with E-state index < -0.39 is 0 Å².